The van der Waals surface area contributed by atoms with Crippen LogP contribution in [0.5, 0.6) is 0 Å². The van der Waals surface area contributed by atoms with Crippen LogP contribution >= 0.6 is 0 Å². The Morgan fingerprint density at radius 2 is 0.852 bits per heavy atom. The van der Waals surface area contributed by atoms with Crippen molar-refractivity contribution < 1.29 is 0 Å². The lowest BCUT2D eigenvalue weighted by molar-refractivity contribution is 0.383. The molecule has 0 amide bonds. The second-order valence-electron chi connectivity index (χ2n) is 9.03. The standard InChI is InChI=1S/C27H55/c1-5-9-12-13-14-15-16-17-18-19-20-21-25-27(24-11-7-3)26(22-8-4)23-10-6-2/h27H,5-25H2,1-4H3. The van der Waals surface area contributed by atoms with Gasteiger partial charge in [0.2, 0.25) is 0 Å². The fraction of sp³-hybridized carbons (Fsp3) is 0.963. The van der Waals surface area contributed by atoms with Gasteiger partial charge < -0.3 is 0 Å². The van der Waals surface area contributed by atoms with Gasteiger partial charge in [-0.05, 0) is 37.5 Å². The monoisotopic (exact) mass is 379 g/mol. The molecule has 0 aromatic carbocycles. The first-order valence-corrected chi connectivity index (χ1v) is 13.1. The first kappa shape index (κ1) is 27.0. The van der Waals surface area contributed by atoms with Crippen LogP contribution in [0.25, 0.3) is 0 Å². The molecule has 0 spiro atoms. The van der Waals surface area contributed by atoms with E-state index >= 15 is 0 Å². The predicted molar refractivity (Wildman–Crippen MR) is 126 cm³/mol. The maximum atomic E-state index is 2.37. The Hall–Kier alpha value is 0. The van der Waals surface area contributed by atoms with E-state index < -0.39 is 0 Å². The molecule has 0 bridgehead atoms. The number of rotatable bonds is 22. The molecular formula is C27H55. The van der Waals surface area contributed by atoms with Crippen LogP contribution in [0.4, 0.5) is 0 Å². The summed E-state index contributed by atoms with van der Waals surface area (Å²) in [6, 6.07) is 0. The highest BCUT2D eigenvalue weighted by molar-refractivity contribution is 4.95. The lowest BCUT2D eigenvalue weighted by Gasteiger charge is -2.27. The minimum Gasteiger partial charge on any atom is -0.0654 e. The largest absolute Gasteiger partial charge is 0.0654 e. The number of hydrogen-bond acceptors (Lipinski definition) is 0. The lowest BCUT2D eigenvalue weighted by atomic mass is 9.79. The zero-order valence-electron chi connectivity index (χ0n) is 19.9. The molecule has 0 heteroatoms. The molecule has 0 fully saturated rings. The van der Waals surface area contributed by atoms with Crippen molar-refractivity contribution in [2.24, 2.45) is 5.92 Å². The minimum absolute atomic E-state index is 0.944. The van der Waals surface area contributed by atoms with Crippen molar-refractivity contribution in [3.8, 4) is 0 Å². The molecule has 27 heavy (non-hydrogen) atoms. The first-order valence-electron chi connectivity index (χ1n) is 13.1. The zero-order valence-corrected chi connectivity index (χ0v) is 19.9. The second-order valence-corrected chi connectivity index (χ2v) is 9.03. The van der Waals surface area contributed by atoms with Crippen molar-refractivity contribution in [3.63, 3.8) is 0 Å². The summed E-state index contributed by atoms with van der Waals surface area (Å²) in [5.74, 6) is 2.87. The van der Waals surface area contributed by atoms with E-state index in [1.54, 1.807) is 0 Å². The Kier molecular flexibility index (Phi) is 22.3. The summed E-state index contributed by atoms with van der Waals surface area (Å²) < 4.78 is 0. The zero-order chi connectivity index (χ0) is 20.0. The van der Waals surface area contributed by atoms with Crippen LogP contribution in [-0.4, -0.2) is 0 Å². The quantitative estimate of drug-likeness (QED) is 0.164. The van der Waals surface area contributed by atoms with Gasteiger partial charge in [0.05, 0.1) is 0 Å². The average molecular weight is 380 g/mol. The third kappa shape index (κ3) is 17.8. The second kappa shape index (κ2) is 22.3. The van der Waals surface area contributed by atoms with Gasteiger partial charge in [-0.3, -0.25) is 0 Å². The molecule has 0 heterocycles. The molecule has 0 nitrogen and oxygen atoms in total. The molecule has 0 saturated heterocycles. The van der Waals surface area contributed by atoms with Crippen molar-refractivity contribution >= 4 is 0 Å². The van der Waals surface area contributed by atoms with Crippen molar-refractivity contribution in [3.05, 3.63) is 5.92 Å². The normalized spacial score (nSPS) is 12.8. The van der Waals surface area contributed by atoms with Crippen molar-refractivity contribution in [2.75, 3.05) is 0 Å². The molecule has 1 radical (unpaired) electrons. The van der Waals surface area contributed by atoms with E-state index in [2.05, 4.69) is 27.7 Å². The van der Waals surface area contributed by atoms with Crippen molar-refractivity contribution in [1.29, 1.82) is 0 Å². The van der Waals surface area contributed by atoms with Gasteiger partial charge in [0.15, 0.2) is 0 Å². The maximum absolute atomic E-state index is 2.37. The maximum Gasteiger partial charge on any atom is -0.0210 e. The Morgan fingerprint density at radius 3 is 1.33 bits per heavy atom. The third-order valence-electron chi connectivity index (χ3n) is 6.31. The topological polar surface area (TPSA) is 0 Å². The van der Waals surface area contributed by atoms with Crippen LogP contribution in [0.1, 0.15) is 163 Å². The predicted octanol–water partition coefficient (Wildman–Crippen LogP) is 10.4. The van der Waals surface area contributed by atoms with E-state index in [1.165, 1.54) is 135 Å². The van der Waals surface area contributed by atoms with E-state index in [1.807, 2.05) is 5.92 Å². The summed E-state index contributed by atoms with van der Waals surface area (Å²) in [5, 5.41) is 0. The fourth-order valence-corrected chi connectivity index (χ4v) is 4.49. The lowest BCUT2D eigenvalue weighted by Crippen LogP contribution is -2.13. The van der Waals surface area contributed by atoms with Gasteiger partial charge in [0.25, 0.3) is 0 Å². The van der Waals surface area contributed by atoms with Gasteiger partial charge >= 0.3 is 0 Å². The van der Waals surface area contributed by atoms with Gasteiger partial charge in [-0.1, -0.05) is 137 Å². The fourth-order valence-electron chi connectivity index (χ4n) is 4.49. The van der Waals surface area contributed by atoms with Gasteiger partial charge in [-0.2, -0.15) is 0 Å². The molecule has 0 saturated carbocycles. The molecule has 0 aromatic heterocycles. The number of unbranched alkanes of at least 4 members (excludes halogenated alkanes) is 13. The van der Waals surface area contributed by atoms with Gasteiger partial charge in [0.1, 0.15) is 0 Å². The van der Waals surface area contributed by atoms with Crippen molar-refractivity contribution in [1.82, 2.24) is 0 Å². The van der Waals surface area contributed by atoms with Crippen LogP contribution in [0.3, 0.4) is 0 Å². The summed E-state index contributed by atoms with van der Waals surface area (Å²) in [7, 11) is 0. The molecule has 0 rings (SSSR count). The number of hydrogen-bond donors (Lipinski definition) is 0. The Labute approximate surface area is 174 Å². The summed E-state index contributed by atoms with van der Waals surface area (Å²) in [5.41, 5.74) is 0. The van der Waals surface area contributed by atoms with Crippen LogP contribution in [0, 0.1) is 11.8 Å². The van der Waals surface area contributed by atoms with Gasteiger partial charge in [-0.15, -0.1) is 0 Å². The van der Waals surface area contributed by atoms with Gasteiger partial charge in [-0.25, -0.2) is 0 Å². The van der Waals surface area contributed by atoms with Crippen LogP contribution < -0.4 is 0 Å². The molecule has 0 N–H and O–H groups in total. The smallest absolute Gasteiger partial charge is 0.0210 e. The van der Waals surface area contributed by atoms with E-state index in [9.17, 15) is 0 Å². The molecule has 0 aromatic rings. The van der Waals surface area contributed by atoms with E-state index in [0.717, 1.165) is 5.92 Å². The molecule has 163 valence electrons. The summed E-state index contributed by atoms with van der Waals surface area (Å²) in [6.45, 7) is 9.37. The minimum atomic E-state index is 0.944. The van der Waals surface area contributed by atoms with Crippen LogP contribution in [0.2, 0.25) is 0 Å². The summed E-state index contributed by atoms with van der Waals surface area (Å²) in [6.07, 6.45) is 30.3. The molecule has 1 unspecified atom stereocenters. The van der Waals surface area contributed by atoms with Crippen LogP contribution in [-0.2, 0) is 0 Å². The van der Waals surface area contributed by atoms with E-state index in [4.69, 9.17) is 0 Å². The Morgan fingerprint density at radius 1 is 0.407 bits per heavy atom. The molecular weight excluding hydrogens is 324 g/mol. The highest BCUT2D eigenvalue weighted by Crippen LogP contribution is 2.34. The summed E-state index contributed by atoms with van der Waals surface area (Å²) in [4.78, 5) is 0. The van der Waals surface area contributed by atoms with Crippen LogP contribution in [0.15, 0.2) is 0 Å². The SMILES string of the molecule is CCCCCCCCCCCCCCC(CCCC)[C](CCC)CCCC. The first-order chi connectivity index (χ1) is 13.3. The highest BCUT2D eigenvalue weighted by Gasteiger charge is 2.20. The van der Waals surface area contributed by atoms with Crippen molar-refractivity contribution in [2.45, 2.75) is 163 Å². The van der Waals surface area contributed by atoms with Gasteiger partial charge in [0, 0.05) is 0 Å². The molecule has 0 aliphatic heterocycles. The Bertz CT molecular complexity index is 257. The Balaban J connectivity index is 3.79. The molecule has 0 aliphatic carbocycles. The van der Waals surface area contributed by atoms with E-state index in [-0.39, 0.29) is 0 Å². The third-order valence-corrected chi connectivity index (χ3v) is 6.31. The highest BCUT2D eigenvalue weighted by atomic mass is 14.2. The summed E-state index contributed by atoms with van der Waals surface area (Å²) >= 11 is 0. The average Bonchev–Trinajstić information content (AvgIpc) is 2.68. The molecule has 1 atom stereocenters. The van der Waals surface area contributed by atoms with E-state index in [0.29, 0.717) is 0 Å². The molecule has 0 aliphatic rings.